The molecule has 0 unspecified atom stereocenters. The first-order valence-corrected chi connectivity index (χ1v) is 6.22. The monoisotopic (exact) mass is 280 g/mol. The Morgan fingerprint density at radius 2 is 1.95 bits per heavy atom. The van der Waals surface area contributed by atoms with E-state index in [9.17, 15) is 9.59 Å². The van der Waals surface area contributed by atoms with Crippen molar-refractivity contribution in [2.24, 2.45) is 0 Å². The molecule has 0 aliphatic carbocycles. The fourth-order valence-corrected chi connectivity index (χ4v) is 1.78. The fourth-order valence-electron chi connectivity index (χ4n) is 1.78. The summed E-state index contributed by atoms with van der Waals surface area (Å²) in [4.78, 5) is 25.4. The van der Waals surface area contributed by atoms with E-state index in [0.717, 1.165) is 0 Å². The van der Waals surface area contributed by atoms with Crippen LogP contribution in [-0.2, 0) is 9.53 Å². The molecule has 1 aromatic rings. The topological polar surface area (TPSA) is 81.9 Å². The van der Waals surface area contributed by atoms with Crippen molar-refractivity contribution in [3.63, 3.8) is 0 Å². The van der Waals surface area contributed by atoms with Crippen molar-refractivity contribution >= 4 is 17.6 Å². The van der Waals surface area contributed by atoms with Gasteiger partial charge in [0.1, 0.15) is 17.9 Å². The molecule has 0 heterocycles. The average molecular weight is 280 g/mol. The van der Waals surface area contributed by atoms with Crippen molar-refractivity contribution in [1.82, 2.24) is 4.90 Å². The van der Waals surface area contributed by atoms with E-state index >= 15 is 0 Å². The lowest BCUT2D eigenvalue weighted by Gasteiger charge is -2.26. The molecule has 0 atom stereocenters. The van der Waals surface area contributed by atoms with Crippen molar-refractivity contribution in [3.05, 3.63) is 23.8 Å². The van der Waals surface area contributed by atoms with Crippen molar-refractivity contribution in [2.45, 2.75) is 19.9 Å². The number of hydrogen-bond acceptors (Lipinski definition) is 5. The van der Waals surface area contributed by atoms with E-state index in [1.807, 2.05) is 13.8 Å². The first-order chi connectivity index (χ1) is 9.42. The molecule has 0 radical (unpaired) electrons. The van der Waals surface area contributed by atoms with Gasteiger partial charge in [-0.15, -0.1) is 0 Å². The second kappa shape index (κ2) is 6.79. The fraction of sp³-hybridized carbons (Fsp3) is 0.429. The Balaban J connectivity index is 3.16. The Hall–Kier alpha value is -2.24. The molecule has 0 fully saturated rings. The third-order valence-corrected chi connectivity index (χ3v) is 2.90. The number of carbonyl (C=O) groups excluding carboxylic acids is 2. The quantitative estimate of drug-likeness (QED) is 0.649. The van der Waals surface area contributed by atoms with Gasteiger partial charge in [0.05, 0.1) is 14.2 Å². The molecule has 0 spiro atoms. The minimum absolute atomic E-state index is 0.134. The summed E-state index contributed by atoms with van der Waals surface area (Å²) in [5.41, 5.74) is 6.42. The van der Waals surface area contributed by atoms with Crippen LogP contribution in [0.5, 0.6) is 5.75 Å². The van der Waals surface area contributed by atoms with Gasteiger partial charge in [0.25, 0.3) is 5.91 Å². The Morgan fingerprint density at radius 3 is 2.45 bits per heavy atom. The summed E-state index contributed by atoms with van der Waals surface area (Å²) in [6.07, 6.45) is 0. The highest BCUT2D eigenvalue weighted by Gasteiger charge is 2.26. The van der Waals surface area contributed by atoms with Gasteiger partial charge in [0, 0.05) is 11.7 Å². The second-order valence-electron chi connectivity index (χ2n) is 4.53. The Labute approximate surface area is 118 Å². The first kappa shape index (κ1) is 15.8. The number of nitrogen functional groups attached to an aromatic ring is 1. The zero-order valence-corrected chi connectivity index (χ0v) is 12.2. The molecule has 110 valence electrons. The zero-order chi connectivity index (χ0) is 15.3. The molecule has 1 rings (SSSR count). The maximum atomic E-state index is 12.6. The smallest absolute Gasteiger partial charge is 0.325 e. The van der Waals surface area contributed by atoms with Gasteiger partial charge < -0.3 is 20.1 Å². The van der Waals surface area contributed by atoms with Crippen LogP contribution in [-0.4, -0.2) is 43.6 Å². The molecule has 1 amide bonds. The van der Waals surface area contributed by atoms with Crippen LogP contribution in [0.1, 0.15) is 24.2 Å². The first-order valence-electron chi connectivity index (χ1n) is 6.22. The van der Waals surface area contributed by atoms with Crippen LogP contribution in [0.25, 0.3) is 0 Å². The number of hydrogen-bond donors (Lipinski definition) is 1. The third-order valence-electron chi connectivity index (χ3n) is 2.90. The largest absolute Gasteiger partial charge is 0.496 e. The number of esters is 1. The molecule has 0 bridgehead atoms. The normalized spacial score (nSPS) is 10.2. The summed E-state index contributed by atoms with van der Waals surface area (Å²) in [6, 6.07) is 4.79. The summed E-state index contributed by atoms with van der Waals surface area (Å²) in [5.74, 6) is -0.466. The molecular weight excluding hydrogens is 260 g/mol. The van der Waals surface area contributed by atoms with Gasteiger partial charge in [-0.2, -0.15) is 0 Å². The standard InChI is InChI=1S/C14H20N2O4/c1-9(2)16(8-12(17)20-4)14(18)13-10(15)6-5-7-11(13)19-3/h5-7,9H,8,15H2,1-4H3. The van der Waals surface area contributed by atoms with Gasteiger partial charge in [0.15, 0.2) is 0 Å². The molecule has 0 saturated heterocycles. The third kappa shape index (κ3) is 3.40. The molecule has 6 heteroatoms. The van der Waals surface area contributed by atoms with Crippen molar-refractivity contribution < 1.29 is 19.1 Å². The molecule has 6 nitrogen and oxygen atoms in total. The van der Waals surface area contributed by atoms with E-state index in [0.29, 0.717) is 11.4 Å². The number of benzene rings is 1. The zero-order valence-electron chi connectivity index (χ0n) is 12.2. The minimum Gasteiger partial charge on any atom is -0.496 e. The number of nitrogens with zero attached hydrogens (tertiary/aromatic N) is 1. The lowest BCUT2D eigenvalue weighted by Crippen LogP contribution is -2.41. The van der Waals surface area contributed by atoms with Crippen LogP contribution in [0, 0.1) is 0 Å². The van der Waals surface area contributed by atoms with Crippen molar-refractivity contribution in [2.75, 3.05) is 26.5 Å². The molecular formula is C14H20N2O4. The Morgan fingerprint density at radius 1 is 1.30 bits per heavy atom. The van der Waals surface area contributed by atoms with E-state index in [2.05, 4.69) is 4.74 Å². The highest BCUT2D eigenvalue weighted by molar-refractivity contribution is 6.03. The van der Waals surface area contributed by atoms with E-state index < -0.39 is 5.97 Å². The van der Waals surface area contributed by atoms with Crippen LogP contribution < -0.4 is 10.5 Å². The number of carbonyl (C=O) groups is 2. The minimum atomic E-state index is -0.486. The molecule has 1 aromatic carbocycles. The molecule has 0 aliphatic rings. The molecule has 2 N–H and O–H groups in total. The van der Waals surface area contributed by atoms with Gasteiger partial charge in [-0.25, -0.2) is 0 Å². The predicted molar refractivity (Wildman–Crippen MR) is 75.6 cm³/mol. The van der Waals surface area contributed by atoms with E-state index in [1.165, 1.54) is 19.1 Å². The SMILES string of the molecule is COC(=O)CN(C(=O)c1c(N)cccc1OC)C(C)C. The van der Waals surface area contributed by atoms with Crippen molar-refractivity contribution in [3.8, 4) is 5.75 Å². The number of nitrogens with two attached hydrogens (primary N) is 1. The molecule has 0 aliphatic heterocycles. The maximum absolute atomic E-state index is 12.6. The molecule has 0 saturated carbocycles. The molecule has 20 heavy (non-hydrogen) atoms. The van der Waals surface area contributed by atoms with Gasteiger partial charge in [-0.05, 0) is 26.0 Å². The highest BCUT2D eigenvalue weighted by atomic mass is 16.5. The summed E-state index contributed by atoms with van der Waals surface area (Å²) >= 11 is 0. The predicted octanol–water partition coefficient (Wildman–Crippen LogP) is 1.30. The van der Waals surface area contributed by atoms with E-state index in [1.54, 1.807) is 18.2 Å². The number of ether oxygens (including phenoxy) is 2. The van der Waals surface area contributed by atoms with E-state index in [4.69, 9.17) is 10.5 Å². The average Bonchev–Trinajstić information content (AvgIpc) is 2.42. The van der Waals surface area contributed by atoms with Crippen LogP contribution in [0.4, 0.5) is 5.69 Å². The van der Waals surface area contributed by atoms with Gasteiger partial charge in [-0.3, -0.25) is 9.59 Å². The second-order valence-corrected chi connectivity index (χ2v) is 4.53. The number of methoxy groups -OCH3 is 2. The summed E-state index contributed by atoms with van der Waals surface area (Å²) in [6.45, 7) is 3.49. The summed E-state index contributed by atoms with van der Waals surface area (Å²) < 4.78 is 9.77. The number of rotatable bonds is 5. The van der Waals surface area contributed by atoms with Gasteiger partial charge >= 0.3 is 5.97 Å². The maximum Gasteiger partial charge on any atom is 0.325 e. The van der Waals surface area contributed by atoms with Crippen LogP contribution in [0.2, 0.25) is 0 Å². The van der Waals surface area contributed by atoms with Crippen molar-refractivity contribution in [1.29, 1.82) is 0 Å². The highest BCUT2D eigenvalue weighted by Crippen LogP contribution is 2.26. The number of amides is 1. The Bertz CT molecular complexity index is 500. The lowest BCUT2D eigenvalue weighted by molar-refractivity contribution is -0.141. The summed E-state index contributed by atoms with van der Waals surface area (Å²) in [7, 11) is 2.74. The van der Waals surface area contributed by atoms with Gasteiger partial charge in [-0.1, -0.05) is 6.07 Å². The summed E-state index contributed by atoms with van der Waals surface area (Å²) in [5, 5.41) is 0. The van der Waals surface area contributed by atoms with Gasteiger partial charge in [0.2, 0.25) is 0 Å². The van der Waals surface area contributed by atoms with Crippen LogP contribution in [0.3, 0.4) is 0 Å². The van der Waals surface area contributed by atoms with Crippen LogP contribution >= 0.6 is 0 Å². The van der Waals surface area contributed by atoms with E-state index in [-0.39, 0.29) is 24.1 Å². The van der Waals surface area contributed by atoms with Crippen LogP contribution in [0.15, 0.2) is 18.2 Å². The Kier molecular flexibility index (Phi) is 5.37. The molecule has 0 aromatic heterocycles. The number of anilines is 1. The lowest BCUT2D eigenvalue weighted by atomic mass is 10.1.